The van der Waals surface area contributed by atoms with Crippen LogP contribution in [0.25, 0.3) is 11.0 Å². The number of carbonyl (C=O) groups is 1. The van der Waals surface area contributed by atoms with Crippen LogP contribution in [-0.4, -0.2) is 16.2 Å². The highest BCUT2D eigenvalue weighted by molar-refractivity contribution is 6.35. The Balaban J connectivity index is 2.77. The van der Waals surface area contributed by atoms with E-state index >= 15 is 0 Å². The fourth-order valence-corrected chi connectivity index (χ4v) is 1.31. The van der Waals surface area contributed by atoms with Crippen LogP contribution < -0.4 is 0 Å². The Labute approximate surface area is 77.7 Å². The molecule has 0 saturated carbocycles. The maximum Gasteiger partial charge on any atom is 0.335 e. The van der Waals surface area contributed by atoms with E-state index < -0.39 is 5.97 Å². The first kappa shape index (κ1) is 8.07. The van der Waals surface area contributed by atoms with Gasteiger partial charge in [0.1, 0.15) is 0 Å². The highest BCUT2D eigenvalue weighted by Gasteiger charge is 2.10. The Bertz CT molecular complexity index is 477. The quantitative estimate of drug-likeness (QED) is 0.761. The molecule has 1 N–H and O–H groups in total. The first-order chi connectivity index (χ1) is 6.18. The van der Waals surface area contributed by atoms with E-state index in [0.29, 0.717) is 16.0 Å². The summed E-state index contributed by atoms with van der Waals surface area (Å²) in [5, 5.41) is 13.1. The Morgan fingerprint density at radius 1 is 1.54 bits per heavy atom. The van der Waals surface area contributed by atoms with Crippen LogP contribution in [0.4, 0.5) is 0 Å². The van der Waals surface area contributed by atoms with Gasteiger partial charge >= 0.3 is 5.97 Å². The lowest BCUT2D eigenvalue weighted by atomic mass is 10.2. The molecule has 0 aliphatic rings. The van der Waals surface area contributed by atoms with Crippen LogP contribution in [0.3, 0.4) is 0 Å². The number of nitrogens with zero attached hydrogens (tertiary/aromatic N) is 1. The lowest BCUT2D eigenvalue weighted by Gasteiger charge is -1.95. The minimum absolute atomic E-state index is 0.0919. The molecule has 0 aliphatic heterocycles. The Hall–Kier alpha value is -1.55. The summed E-state index contributed by atoms with van der Waals surface area (Å²) in [5.41, 5.74) is 0.471. The van der Waals surface area contributed by atoms with Gasteiger partial charge in [-0.2, -0.15) is 0 Å². The van der Waals surface area contributed by atoms with Crippen molar-refractivity contribution >= 4 is 28.5 Å². The van der Waals surface area contributed by atoms with E-state index in [1.807, 2.05) is 0 Å². The molecule has 0 radical (unpaired) electrons. The molecule has 0 saturated heterocycles. The number of aromatic nitrogens is 1. The molecule has 0 unspecified atom stereocenters. The van der Waals surface area contributed by atoms with Crippen molar-refractivity contribution in [3.05, 3.63) is 28.9 Å². The summed E-state index contributed by atoms with van der Waals surface area (Å²) >= 11 is 5.78. The minimum Gasteiger partial charge on any atom is -0.478 e. The number of aromatic carboxylic acids is 1. The number of carboxylic acids is 1. The lowest BCUT2D eigenvalue weighted by molar-refractivity contribution is 0.0697. The van der Waals surface area contributed by atoms with Gasteiger partial charge in [-0.05, 0) is 12.1 Å². The number of hydrogen-bond acceptors (Lipinski definition) is 3. The molecule has 0 aliphatic carbocycles. The van der Waals surface area contributed by atoms with Gasteiger partial charge in [-0.1, -0.05) is 16.8 Å². The topological polar surface area (TPSA) is 63.3 Å². The van der Waals surface area contributed by atoms with Gasteiger partial charge in [-0.3, -0.25) is 0 Å². The third kappa shape index (κ3) is 1.25. The molecule has 0 bridgehead atoms. The van der Waals surface area contributed by atoms with Gasteiger partial charge in [-0.25, -0.2) is 4.79 Å². The van der Waals surface area contributed by atoms with E-state index in [1.165, 1.54) is 18.3 Å². The van der Waals surface area contributed by atoms with Crippen molar-refractivity contribution in [1.29, 1.82) is 0 Å². The van der Waals surface area contributed by atoms with Gasteiger partial charge in [-0.15, -0.1) is 0 Å². The second-order valence-electron chi connectivity index (χ2n) is 2.50. The van der Waals surface area contributed by atoms with Crippen LogP contribution in [0.15, 0.2) is 22.9 Å². The molecular weight excluding hydrogens is 194 g/mol. The molecule has 1 heterocycles. The van der Waals surface area contributed by atoms with Crippen molar-refractivity contribution in [3.8, 4) is 0 Å². The zero-order valence-electron chi connectivity index (χ0n) is 6.32. The van der Waals surface area contributed by atoms with Gasteiger partial charge in [0.2, 0.25) is 0 Å². The van der Waals surface area contributed by atoms with Crippen LogP contribution in [0.1, 0.15) is 10.4 Å². The number of halogens is 1. The van der Waals surface area contributed by atoms with Gasteiger partial charge in [0.25, 0.3) is 0 Å². The van der Waals surface area contributed by atoms with Crippen LogP contribution >= 0.6 is 11.6 Å². The molecule has 66 valence electrons. The zero-order chi connectivity index (χ0) is 9.42. The first-order valence-electron chi connectivity index (χ1n) is 3.45. The summed E-state index contributed by atoms with van der Waals surface area (Å²) in [4.78, 5) is 10.6. The van der Waals surface area contributed by atoms with E-state index in [-0.39, 0.29) is 5.56 Å². The van der Waals surface area contributed by atoms with Crippen molar-refractivity contribution in [1.82, 2.24) is 5.16 Å². The highest BCUT2D eigenvalue weighted by Crippen LogP contribution is 2.24. The van der Waals surface area contributed by atoms with Crippen molar-refractivity contribution in [2.24, 2.45) is 0 Å². The average molecular weight is 198 g/mol. The summed E-state index contributed by atoms with van der Waals surface area (Å²) in [6.07, 6.45) is 1.45. The van der Waals surface area contributed by atoms with Gasteiger partial charge in [0, 0.05) is 0 Å². The molecule has 13 heavy (non-hydrogen) atoms. The molecule has 5 heteroatoms. The van der Waals surface area contributed by atoms with E-state index in [2.05, 4.69) is 5.16 Å². The van der Waals surface area contributed by atoms with Gasteiger partial charge in [0.15, 0.2) is 5.58 Å². The largest absolute Gasteiger partial charge is 0.478 e. The number of rotatable bonds is 1. The average Bonchev–Trinajstić information content (AvgIpc) is 2.51. The molecule has 0 amide bonds. The normalized spacial score (nSPS) is 10.5. The van der Waals surface area contributed by atoms with Crippen LogP contribution in [0.5, 0.6) is 0 Å². The molecule has 1 aromatic carbocycles. The first-order valence-corrected chi connectivity index (χ1v) is 3.83. The van der Waals surface area contributed by atoms with Crippen LogP contribution in [0, 0.1) is 0 Å². The third-order valence-electron chi connectivity index (χ3n) is 1.67. The summed E-state index contributed by atoms with van der Waals surface area (Å²) in [6, 6.07) is 2.75. The fourth-order valence-electron chi connectivity index (χ4n) is 1.05. The van der Waals surface area contributed by atoms with Crippen molar-refractivity contribution in [2.75, 3.05) is 0 Å². The van der Waals surface area contributed by atoms with Crippen LogP contribution in [-0.2, 0) is 0 Å². The number of hydrogen-bond donors (Lipinski definition) is 1. The van der Waals surface area contributed by atoms with E-state index in [0.717, 1.165) is 0 Å². The van der Waals surface area contributed by atoms with Gasteiger partial charge < -0.3 is 9.63 Å². The van der Waals surface area contributed by atoms with Crippen molar-refractivity contribution in [2.45, 2.75) is 0 Å². The monoisotopic (exact) mass is 197 g/mol. The van der Waals surface area contributed by atoms with E-state index in [9.17, 15) is 4.79 Å². The van der Waals surface area contributed by atoms with E-state index in [1.54, 1.807) is 0 Å². The predicted molar refractivity (Wildman–Crippen MR) is 46.0 cm³/mol. The summed E-state index contributed by atoms with van der Waals surface area (Å²) < 4.78 is 4.79. The van der Waals surface area contributed by atoms with Crippen LogP contribution in [0.2, 0.25) is 5.02 Å². The molecule has 2 aromatic rings. The Morgan fingerprint density at radius 3 is 3.00 bits per heavy atom. The molecule has 1 aromatic heterocycles. The molecule has 2 rings (SSSR count). The smallest absolute Gasteiger partial charge is 0.335 e. The second-order valence-corrected chi connectivity index (χ2v) is 2.91. The van der Waals surface area contributed by atoms with Crippen molar-refractivity contribution < 1.29 is 14.4 Å². The second kappa shape index (κ2) is 2.74. The maximum atomic E-state index is 10.6. The summed E-state index contributed by atoms with van der Waals surface area (Å²) in [7, 11) is 0. The lowest BCUT2D eigenvalue weighted by Crippen LogP contribution is -1.95. The van der Waals surface area contributed by atoms with Crippen molar-refractivity contribution in [3.63, 3.8) is 0 Å². The fraction of sp³-hybridized carbons (Fsp3) is 0. The third-order valence-corrected chi connectivity index (χ3v) is 1.98. The summed E-state index contributed by atoms with van der Waals surface area (Å²) in [5.74, 6) is -1.04. The Morgan fingerprint density at radius 2 is 2.31 bits per heavy atom. The number of carboxylic acid groups (broad SMARTS) is 1. The molecule has 0 spiro atoms. The Kier molecular flexibility index (Phi) is 1.70. The number of benzene rings is 1. The zero-order valence-corrected chi connectivity index (χ0v) is 7.08. The summed E-state index contributed by atoms with van der Waals surface area (Å²) in [6.45, 7) is 0. The maximum absolute atomic E-state index is 10.6. The molecule has 0 fully saturated rings. The minimum atomic E-state index is -1.04. The highest BCUT2D eigenvalue weighted by atomic mass is 35.5. The number of fused-ring (bicyclic) bond motifs is 1. The SMILES string of the molecule is O=C(O)c1cc(Cl)c2cnoc2c1. The van der Waals surface area contributed by atoms with E-state index in [4.69, 9.17) is 21.2 Å². The van der Waals surface area contributed by atoms with Gasteiger partial charge in [0.05, 0.1) is 22.2 Å². The molecular formula is C8H4ClNO3. The standard InChI is InChI=1S/C8H4ClNO3/c9-6-1-4(8(11)12)2-7-5(6)3-10-13-7/h1-3H,(H,11,12). The predicted octanol–water partition coefficient (Wildman–Crippen LogP) is 2.18. The molecule has 4 nitrogen and oxygen atoms in total. The molecule has 0 atom stereocenters.